The summed E-state index contributed by atoms with van der Waals surface area (Å²) in [5, 5.41) is 5.78. The molecule has 0 atom stereocenters. The Bertz CT molecular complexity index is 1010. The summed E-state index contributed by atoms with van der Waals surface area (Å²) in [5.74, 6) is -0.490. The molecule has 27 heavy (non-hydrogen) atoms. The molecule has 0 heterocycles. The number of carbonyl (C=O) groups excluding carboxylic acids is 2. The molecule has 0 aromatic heterocycles. The second-order valence-electron chi connectivity index (χ2n) is 6.68. The van der Waals surface area contributed by atoms with Crippen molar-refractivity contribution in [2.45, 2.75) is 20.8 Å². The Balaban J connectivity index is 1.77. The van der Waals surface area contributed by atoms with Gasteiger partial charge < -0.3 is 10.6 Å². The van der Waals surface area contributed by atoms with E-state index in [2.05, 4.69) is 10.6 Å². The number of rotatable bonds is 4. The molecule has 0 radical (unpaired) electrons. The number of hydrogen-bond acceptors (Lipinski definition) is 2. The third-order valence-electron chi connectivity index (χ3n) is 4.30. The number of benzene rings is 3. The molecule has 0 saturated carbocycles. The SMILES string of the molecule is Cc1cccc(NC(=O)c2cccc(C(=O)Nc3cc(C)ccc3C)c2)c1. The summed E-state index contributed by atoms with van der Waals surface area (Å²) in [6, 6.07) is 20.2. The van der Waals surface area contributed by atoms with Gasteiger partial charge in [0.05, 0.1) is 0 Å². The maximum Gasteiger partial charge on any atom is 0.255 e. The van der Waals surface area contributed by atoms with Crippen LogP contribution in [0.15, 0.2) is 66.7 Å². The summed E-state index contributed by atoms with van der Waals surface area (Å²) in [5.41, 5.74) is 5.50. The highest BCUT2D eigenvalue weighted by molar-refractivity contribution is 6.08. The quantitative estimate of drug-likeness (QED) is 0.680. The lowest BCUT2D eigenvalue weighted by Crippen LogP contribution is -2.16. The molecule has 2 amide bonds. The van der Waals surface area contributed by atoms with Gasteiger partial charge in [-0.05, 0) is 73.9 Å². The van der Waals surface area contributed by atoms with E-state index in [0.29, 0.717) is 11.1 Å². The molecular formula is C23H22N2O2. The molecule has 2 N–H and O–H groups in total. The number of nitrogens with one attached hydrogen (secondary N) is 2. The Morgan fingerprint density at radius 1 is 0.667 bits per heavy atom. The van der Waals surface area contributed by atoms with Crippen LogP contribution in [0.3, 0.4) is 0 Å². The van der Waals surface area contributed by atoms with Crippen molar-refractivity contribution in [3.63, 3.8) is 0 Å². The average molecular weight is 358 g/mol. The highest BCUT2D eigenvalue weighted by atomic mass is 16.2. The molecule has 3 rings (SSSR count). The van der Waals surface area contributed by atoms with E-state index in [1.807, 2.05) is 63.2 Å². The molecule has 0 aliphatic rings. The van der Waals surface area contributed by atoms with Crippen molar-refractivity contribution < 1.29 is 9.59 Å². The monoisotopic (exact) mass is 358 g/mol. The van der Waals surface area contributed by atoms with Gasteiger partial charge in [-0.3, -0.25) is 9.59 Å². The van der Waals surface area contributed by atoms with Gasteiger partial charge in [-0.25, -0.2) is 0 Å². The van der Waals surface area contributed by atoms with Gasteiger partial charge in [0, 0.05) is 22.5 Å². The van der Waals surface area contributed by atoms with Gasteiger partial charge in [0.2, 0.25) is 0 Å². The summed E-state index contributed by atoms with van der Waals surface area (Å²) < 4.78 is 0. The smallest absolute Gasteiger partial charge is 0.255 e. The zero-order valence-corrected chi connectivity index (χ0v) is 15.7. The molecule has 0 saturated heterocycles. The van der Waals surface area contributed by atoms with Crippen LogP contribution in [-0.4, -0.2) is 11.8 Å². The standard InChI is InChI=1S/C23H22N2O2/c1-15-6-4-9-20(12-15)24-22(26)18-7-5-8-19(14-18)23(27)25-21-13-16(2)10-11-17(21)3/h4-14H,1-3H3,(H,24,26)(H,25,27). The lowest BCUT2D eigenvalue weighted by Gasteiger charge is -2.11. The van der Waals surface area contributed by atoms with E-state index < -0.39 is 0 Å². The molecule has 0 unspecified atom stereocenters. The first-order chi connectivity index (χ1) is 12.9. The lowest BCUT2D eigenvalue weighted by molar-refractivity contribution is 0.102. The number of amides is 2. The van der Waals surface area contributed by atoms with Crippen molar-refractivity contribution >= 4 is 23.2 Å². The summed E-state index contributed by atoms with van der Waals surface area (Å²) in [4.78, 5) is 25.1. The summed E-state index contributed by atoms with van der Waals surface area (Å²) in [7, 11) is 0. The predicted octanol–water partition coefficient (Wildman–Crippen LogP) is 5.12. The Hall–Kier alpha value is -3.40. The molecule has 3 aromatic rings. The summed E-state index contributed by atoms with van der Waals surface area (Å²) in [6.07, 6.45) is 0. The van der Waals surface area contributed by atoms with Crippen molar-refractivity contribution in [3.8, 4) is 0 Å². The van der Waals surface area contributed by atoms with Gasteiger partial charge in [0.25, 0.3) is 11.8 Å². The van der Waals surface area contributed by atoms with E-state index in [1.54, 1.807) is 24.3 Å². The zero-order chi connectivity index (χ0) is 19.4. The maximum absolute atomic E-state index is 12.6. The van der Waals surface area contributed by atoms with E-state index in [1.165, 1.54) is 0 Å². The first kappa shape index (κ1) is 18.4. The van der Waals surface area contributed by atoms with E-state index in [0.717, 1.165) is 28.1 Å². The molecule has 136 valence electrons. The highest BCUT2D eigenvalue weighted by Crippen LogP contribution is 2.18. The Labute approximate surface area is 159 Å². The molecule has 0 aliphatic carbocycles. The van der Waals surface area contributed by atoms with E-state index in [9.17, 15) is 9.59 Å². The average Bonchev–Trinajstić information content (AvgIpc) is 2.65. The Kier molecular flexibility index (Phi) is 5.36. The molecule has 4 heteroatoms. The van der Waals surface area contributed by atoms with Crippen LogP contribution in [0, 0.1) is 20.8 Å². The van der Waals surface area contributed by atoms with Crippen LogP contribution in [-0.2, 0) is 0 Å². The second-order valence-corrected chi connectivity index (χ2v) is 6.68. The third-order valence-corrected chi connectivity index (χ3v) is 4.30. The minimum absolute atomic E-state index is 0.242. The predicted molar refractivity (Wildman–Crippen MR) is 109 cm³/mol. The summed E-state index contributed by atoms with van der Waals surface area (Å²) in [6.45, 7) is 5.89. The van der Waals surface area contributed by atoms with Crippen molar-refractivity contribution in [2.75, 3.05) is 10.6 Å². The van der Waals surface area contributed by atoms with Crippen molar-refractivity contribution in [3.05, 3.63) is 94.5 Å². The number of aryl methyl sites for hydroxylation is 3. The molecule has 3 aromatic carbocycles. The second kappa shape index (κ2) is 7.87. The number of anilines is 2. The fourth-order valence-electron chi connectivity index (χ4n) is 2.79. The largest absolute Gasteiger partial charge is 0.322 e. The third kappa shape index (κ3) is 4.61. The molecular weight excluding hydrogens is 336 g/mol. The topological polar surface area (TPSA) is 58.2 Å². The van der Waals surface area contributed by atoms with Crippen LogP contribution in [0.5, 0.6) is 0 Å². The minimum Gasteiger partial charge on any atom is -0.322 e. The van der Waals surface area contributed by atoms with Crippen molar-refractivity contribution in [2.24, 2.45) is 0 Å². The number of hydrogen-bond donors (Lipinski definition) is 2. The summed E-state index contributed by atoms with van der Waals surface area (Å²) >= 11 is 0. The Morgan fingerprint density at radius 2 is 1.30 bits per heavy atom. The van der Waals surface area contributed by atoms with Crippen LogP contribution >= 0.6 is 0 Å². The zero-order valence-electron chi connectivity index (χ0n) is 15.7. The normalized spacial score (nSPS) is 10.3. The molecule has 0 fully saturated rings. The van der Waals surface area contributed by atoms with Gasteiger partial charge in [0.1, 0.15) is 0 Å². The van der Waals surface area contributed by atoms with Crippen molar-refractivity contribution in [1.82, 2.24) is 0 Å². The molecule has 0 spiro atoms. The first-order valence-electron chi connectivity index (χ1n) is 8.79. The van der Waals surface area contributed by atoms with Crippen LogP contribution in [0.4, 0.5) is 11.4 Å². The van der Waals surface area contributed by atoms with Crippen LogP contribution in [0.1, 0.15) is 37.4 Å². The Morgan fingerprint density at radius 3 is 2.00 bits per heavy atom. The fourth-order valence-corrected chi connectivity index (χ4v) is 2.79. The van der Waals surface area contributed by atoms with E-state index in [4.69, 9.17) is 0 Å². The lowest BCUT2D eigenvalue weighted by atomic mass is 10.1. The maximum atomic E-state index is 12.6. The molecule has 0 bridgehead atoms. The van der Waals surface area contributed by atoms with Gasteiger partial charge in [-0.2, -0.15) is 0 Å². The van der Waals surface area contributed by atoms with Gasteiger partial charge in [-0.15, -0.1) is 0 Å². The van der Waals surface area contributed by atoms with E-state index >= 15 is 0 Å². The van der Waals surface area contributed by atoms with E-state index in [-0.39, 0.29) is 11.8 Å². The first-order valence-corrected chi connectivity index (χ1v) is 8.79. The minimum atomic E-state index is -0.248. The van der Waals surface area contributed by atoms with Gasteiger partial charge in [-0.1, -0.05) is 30.3 Å². The molecule has 0 aliphatic heterocycles. The van der Waals surface area contributed by atoms with Crippen LogP contribution < -0.4 is 10.6 Å². The van der Waals surface area contributed by atoms with Gasteiger partial charge in [0.15, 0.2) is 0 Å². The fraction of sp³-hybridized carbons (Fsp3) is 0.130. The molecule has 4 nitrogen and oxygen atoms in total. The van der Waals surface area contributed by atoms with Crippen LogP contribution in [0.25, 0.3) is 0 Å². The van der Waals surface area contributed by atoms with Gasteiger partial charge >= 0.3 is 0 Å². The van der Waals surface area contributed by atoms with Crippen LogP contribution in [0.2, 0.25) is 0 Å². The highest BCUT2D eigenvalue weighted by Gasteiger charge is 2.12. The number of carbonyl (C=O) groups is 2. The van der Waals surface area contributed by atoms with Crippen molar-refractivity contribution in [1.29, 1.82) is 0 Å².